The Labute approximate surface area is 101 Å². The SMILES string of the molecule is C[C@H]1c2[nH]c3ccccc3c2C[C@@H](C#N)N1C. The lowest BCUT2D eigenvalue weighted by molar-refractivity contribution is 0.201. The fourth-order valence-electron chi connectivity index (χ4n) is 2.74. The van der Waals surface area contributed by atoms with Gasteiger partial charge in [-0.2, -0.15) is 5.26 Å². The van der Waals surface area contributed by atoms with Crippen molar-refractivity contribution in [2.75, 3.05) is 7.05 Å². The molecule has 3 rings (SSSR count). The van der Waals surface area contributed by atoms with Crippen molar-refractivity contribution in [3.8, 4) is 6.07 Å². The van der Waals surface area contributed by atoms with E-state index in [1.54, 1.807) is 0 Å². The summed E-state index contributed by atoms with van der Waals surface area (Å²) in [5.74, 6) is 0. The highest BCUT2D eigenvalue weighted by molar-refractivity contribution is 5.85. The van der Waals surface area contributed by atoms with Crippen LogP contribution >= 0.6 is 0 Å². The molecule has 1 N–H and O–H groups in total. The van der Waals surface area contributed by atoms with Crippen LogP contribution in [0.3, 0.4) is 0 Å². The third kappa shape index (κ3) is 1.38. The van der Waals surface area contributed by atoms with E-state index in [0.717, 1.165) is 6.42 Å². The quantitative estimate of drug-likeness (QED) is 0.749. The van der Waals surface area contributed by atoms with Crippen molar-refractivity contribution in [3.05, 3.63) is 35.5 Å². The summed E-state index contributed by atoms with van der Waals surface area (Å²) in [5, 5.41) is 10.5. The van der Waals surface area contributed by atoms with Crippen molar-refractivity contribution >= 4 is 10.9 Å². The number of para-hydroxylation sites is 1. The average Bonchev–Trinajstić information content (AvgIpc) is 2.72. The molecule has 86 valence electrons. The molecule has 0 saturated heterocycles. The largest absolute Gasteiger partial charge is 0.357 e. The van der Waals surface area contributed by atoms with Gasteiger partial charge < -0.3 is 4.98 Å². The summed E-state index contributed by atoms with van der Waals surface area (Å²) in [5.41, 5.74) is 3.76. The molecule has 0 fully saturated rings. The van der Waals surface area contributed by atoms with Crippen LogP contribution in [-0.2, 0) is 6.42 Å². The zero-order chi connectivity index (χ0) is 12.0. The highest BCUT2D eigenvalue weighted by Gasteiger charge is 2.31. The summed E-state index contributed by atoms with van der Waals surface area (Å²) < 4.78 is 0. The Balaban J connectivity index is 2.23. The number of benzene rings is 1. The predicted molar refractivity (Wildman–Crippen MR) is 67.6 cm³/mol. The van der Waals surface area contributed by atoms with Crippen molar-refractivity contribution in [2.24, 2.45) is 0 Å². The Hall–Kier alpha value is -1.79. The van der Waals surface area contributed by atoms with Crippen LogP contribution in [0.4, 0.5) is 0 Å². The van der Waals surface area contributed by atoms with Gasteiger partial charge in [0.2, 0.25) is 0 Å². The summed E-state index contributed by atoms with van der Waals surface area (Å²) in [6.45, 7) is 2.15. The predicted octanol–water partition coefficient (Wildman–Crippen LogP) is 2.61. The van der Waals surface area contributed by atoms with Gasteiger partial charge in [-0.1, -0.05) is 18.2 Å². The monoisotopic (exact) mass is 225 g/mol. The number of nitrogens with zero attached hydrogens (tertiary/aromatic N) is 2. The number of nitrogens with one attached hydrogen (secondary N) is 1. The molecule has 3 heteroatoms. The second kappa shape index (κ2) is 3.61. The van der Waals surface area contributed by atoms with E-state index in [0.29, 0.717) is 0 Å². The molecule has 3 nitrogen and oxygen atoms in total. The maximum Gasteiger partial charge on any atom is 0.102 e. The van der Waals surface area contributed by atoms with Crippen LogP contribution in [0, 0.1) is 11.3 Å². The minimum atomic E-state index is -0.0169. The lowest BCUT2D eigenvalue weighted by Gasteiger charge is -2.33. The van der Waals surface area contributed by atoms with Gasteiger partial charge in [-0.15, -0.1) is 0 Å². The minimum Gasteiger partial charge on any atom is -0.357 e. The summed E-state index contributed by atoms with van der Waals surface area (Å²) in [4.78, 5) is 5.63. The fraction of sp³-hybridized carbons (Fsp3) is 0.357. The molecule has 17 heavy (non-hydrogen) atoms. The molecular formula is C14H15N3. The molecule has 1 aromatic carbocycles. The Kier molecular flexibility index (Phi) is 2.20. The van der Waals surface area contributed by atoms with E-state index >= 15 is 0 Å². The van der Waals surface area contributed by atoms with Gasteiger partial charge in [0, 0.05) is 29.1 Å². The van der Waals surface area contributed by atoms with Crippen LogP contribution in [0.1, 0.15) is 24.2 Å². The molecule has 0 unspecified atom stereocenters. The smallest absolute Gasteiger partial charge is 0.102 e. The van der Waals surface area contributed by atoms with E-state index in [9.17, 15) is 5.26 Å². The van der Waals surface area contributed by atoms with E-state index < -0.39 is 0 Å². The van der Waals surface area contributed by atoms with Crippen molar-refractivity contribution in [1.82, 2.24) is 9.88 Å². The Morgan fingerprint density at radius 1 is 1.41 bits per heavy atom. The fourth-order valence-corrected chi connectivity index (χ4v) is 2.74. The van der Waals surface area contributed by atoms with E-state index in [-0.39, 0.29) is 12.1 Å². The number of fused-ring (bicyclic) bond motifs is 3. The maximum absolute atomic E-state index is 9.21. The average molecular weight is 225 g/mol. The first-order chi connectivity index (χ1) is 8.22. The molecule has 0 radical (unpaired) electrons. The van der Waals surface area contributed by atoms with Crippen molar-refractivity contribution < 1.29 is 0 Å². The van der Waals surface area contributed by atoms with Gasteiger partial charge in [0.25, 0.3) is 0 Å². The first kappa shape index (κ1) is 10.4. The minimum absolute atomic E-state index is 0.0169. The van der Waals surface area contributed by atoms with Crippen molar-refractivity contribution in [3.63, 3.8) is 0 Å². The van der Waals surface area contributed by atoms with Gasteiger partial charge in [0.05, 0.1) is 6.07 Å². The third-order valence-electron chi connectivity index (χ3n) is 3.91. The van der Waals surface area contributed by atoms with Crippen molar-refractivity contribution in [2.45, 2.75) is 25.4 Å². The lowest BCUT2D eigenvalue weighted by Crippen LogP contribution is -2.38. The van der Waals surface area contributed by atoms with E-state index in [2.05, 4.69) is 41.1 Å². The van der Waals surface area contributed by atoms with Crippen molar-refractivity contribution in [1.29, 1.82) is 5.26 Å². The number of likely N-dealkylation sites (N-methyl/N-ethyl adjacent to an activating group) is 1. The second-order valence-electron chi connectivity index (χ2n) is 4.75. The van der Waals surface area contributed by atoms with E-state index in [1.165, 1.54) is 22.2 Å². The van der Waals surface area contributed by atoms with Gasteiger partial charge >= 0.3 is 0 Å². The summed E-state index contributed by atoms with van der Waals surface area (Å²) in [6.07, 6.45) is 0.816. The summed E-state index contributed by atoms with van der Waals surface area (Å²) in [6, 6.07) is 11.0. The molecule has 2 heterocycles. The van der Waals surface area contributed by atoms with Gasteiger partial charge in [0.15, 0.2) is 0 Å². The van der Waals surface area contributed by atoms with Crippen LogP contribution < -0.4 is 0 Å². The number of hydrogen-bond donors (Lipinski definition) is 1. The molecule has 0 saturated carbocycles. The molecule has 1 aromatic heterocycles. The van der Waals surface area contributed by atoms with Gasteiger partial charge in [-0.05, 0) is 25.6 Å². The Bertz CT molecular complexity index is 605. The number of aromatic amines is 1. The first-order valence-corrected chi connectivity index (χ1v) is 5.93. The molecule has 0 bridgehead atoms. The number of nitriles is 1. The molecule has 1 aliphatic rings. The molecule has 0 aliphatic carbocycles. The van der Waals surface area contributed by atoms with Crippen LogP contribution in [0.5, 0.6) is 0 Å². The highest BCUT2D eigenvalue weighted by Crippen LogP contribution is 2.35. The molecule has 0 amide bonds. The van der Waals surface area contributed by atoms with Crippen LogP contribution in [0.2, 0.25) is 0 Å². The standard InChI is InChI=1S/C14H15N3/c1-9-14-12(7-10(8-15)17(9)2)11-5-3-4-6-13(11)16-14/h3-6,9-10,16H,7H2,1-2H3/t9-,10-/m0/s1. The molecule has 2 aromatic rings. The topological polar surface area (TPSA) is 42.8 Å². The molecule has 0 spiro atoms. The Morgan fingerprint density at radius 2 is 2.18 bits per heavy atom. The molecule has 1 aliphatic heterocycles. The summed E-state index contributed by atoms with van der Waals surface area (Å²) in [7, 11) is 2.02. The zero-order valence-corrected chi connectivity index (χ0v) is 10.1. The molecule has 2 atom stereocenters. The third-order valence-corrected chi connectivity index (χ3v) is 3.91. The van der Waals surface area contributed by atoms with Gasteiger partial charge in [0.1, 0.15) is 6.04 Å². The Morgan fingerprint density at radius 3 is 2.94 bits per heavy atom. The number of H-pyrrole nitrogens is 1. The first-order valence-electron chi connectivity index (χ1n) is 5.93. The van der Waals surface area contributed by atoms with Crippen LogP contribution in [0.15, 0.2) is 24.3 Å². The maximum atomic E-state index is 9.21. The highest BCUT2D eigenvalue weighted by atomic mass is 15.2. The van der Waals surface area contributed by atoms with Gasteiger partial charge in [-0.3, -0.25) is 4.90 Å². The number of hydrogen-bond acceptors (Lipinski definition) is 2. The van der Waals surface area contributed by atoms with E-state index in [4.69, 9.17) is 0 Å². The second-order valence-corrected chi connectivity index (χ2v) is 4.75. The normalized spacial score (nSPS) is 24.5. The van der Waals surface area contributed by atoms with E-state index in [1.807, 2.05) is 13.1 Å². The van der Waals surface area contributed by atoms with Crippen LogP contribution in [-0.4, -0.2) is 23.0 Å². The lowest BCUT2D eigenvalue weighted by atomic mass is 9.93. The summed E-state index contributed by atoms with van der Waals surface area (Å²) >= 11 is 0. The molecular weight excluding hydrogens is 210 g/mol. The van der Waals surface area contributed by atoms with Crippen LogP contribution in [0.25, 0.3) is 10.9 Å². The van der Waals surface area contributed by atoms with Gasteiger partial charge in [-0.25, -0.2) is 0 Å². The number of aromatic nitrogens is 1. The number of rotatable bonds is 0. The zero-order valence-electron chi connectivity index (χ0n) is 10.1.